The summed E-state index contributed by atoms with van der Waals surface area (Å²) in [6.07, 6.45) is 0.960. The molecule has 0 aromatic heterocycles. The van der Waals surface area contributed by atoms with Crippen LogP contribution in [0.5, 0.6) is 0 Å². The Hall–Kier alpha value is -2.61. The summed E-state index contributed by atoms with van der Waals surface area (Å²) in [4.78, 5) is 26.8. The van der Waals surface area contributed by atoms with Crippen molar-refractivity contribution < 1.29 is 14.7 Å². The van der Waals surface area contributed by atoms with E-state index >= 15 is 0 Å². The molecule has 1 amide bonds. The molecule has 0 spiro atoms. The van der Waals surface area contributed by atoms with Crippen LogP contribution in [0.3, 0.4) is 0 Å². The quantitative estimate of drug-likeness (QED) is 0.215. The van der Waals surface area contributed by atoms with Gasteiger partial charge >= 0.3 is 5.97 Å². The highest BCUT2D eigenvalue weighted by molar-refractivity contribution is 5.83. The molecule has 0 aliphatic carbocycles. The van der Waals surface area contributed by atoms with Crippen LogP contribution in [-0.2, 0) is 16.1 Å². The van der Waals surface area contributed by atoms with Crippen molar-refractivity contribution in [1.82, 2.24) is 10.6 Å². The van der Waals surface area contributed by atoms with Crippen molar-refractivity contribution in [2.24, 2.45) is 16.5 Å². The fourth-order valence-electron chi connectivity index (χ4n) is 2.06. The summed E-state index contributed by atoms with van der Waals surface area (Å²) in [7, 11) is 0. The van der Waals surface area contributed by atoms with Crippen LogP contribution in [0.15, 0.2) is 35.3 Å². The second kappa shape index (κ2) is 11.0. The van der Waals surface area contributed by atoms with E-state index in [2.05, 4.69) is 15.6 Å². The Labute approximate surface area is 141 Å². The minimum Gasteiger partial charge on any atom is -0.480 e. The maximum absolute atomic E-state index is 11.8. The van der Waals surface area contributed by atoms with Crippen molar-refractivity contribution in [3.8, 4) is 0 Å². The number of aliphatic carboxylic acids is 1. The molecule has 132 valence electrons. The van der Waals surface area contributed by atoms with Crippen LogP contribution < -0.4 is 22.1 Å². The summed E-state index contributed by atoms with van der Waals surface area (Å²) >= 11 is 0. The Bertz CT molecular complexity index is 544. The van der Waals surface area contributed by atoms with Gasteiger partial charge in [-0.25, -0.2) is 4.79 Å². The molecule has 0 saturated heterocycles. The summed E-state index contributed by atoms with van der Waals surface area (Å²) in [6, 6.07) is 8.89. The number of rotatable bonds is 11. The maximum Gasteiger partial charge on any atom is 0.326 e. The van der Waals surface area contributed by atoms with Gasteiger partial charge in [-0.3, -0.25) is 9.79 Å². The van der Waals surface area contributed by atoms with E-state index in [0.29, 0.717) is 26.1 Å². The standard InChI is InChI=1S/C16H25N5O3/c17-16(18)20-9-4-7-13(15(23)24)21-14(22)8-10-19-11-12-5-2-1-3-6-12/h1-3,5-6,13,19H,4,7-11H2,(H,21,22)(H,23,24)(H4,17,18,20)/t13-/m1/s1. The lowest BCUT2D eigenvalue weighted by molar-refractivity contribution is -0.142. The zero-order chi connectivity index (χ0) is 17.8. The number of carboxylic acids is 1. The van der Waals surface area contributed by atoms with Gasteiger partial charge in [0.2, 0.25) is 5.91 Å². The molecule has 0 heterocycles. The Morgan fingerprint density at radius 3 is 2.54 bits per heavy atom. The SMILES string of the molecule is NC(N)=NCCC[C@@H](NC(=O)CCNCc1ccccc1)C(=O)O. The normalized spacial score (nSPS) is 11.5. The van der Waals surface area contributed by atoms with Gasteiger partial charge in [-0.05, 0) is 18.4 Å². The Kier molecular flexibility index (Phi) is 8.91. The zero-order valence-corrected chi connectivity index (χ0v) is 13.6. The maximum atomic E-state index is 11.8. The number of benzene rings is 1. The van der Waals surface area contributed by atoms with Gasteiger partial charge in [0.05, 0.1) is 0 Å². The third kappa shape index (κ3) is 8.74. The summed E-state index contributed by atoms with van der Waals surface area (Å²) in [5.41, 5.74) is 11.5. The Morgan fingerprint density at radius 1 is 1.21 bits per heavy atom. The van der Waals surface area contributed by atoms with Gasteiger partial charge in [0, 0.05) is 26.1 Å². The highest BCUT2D eigenvalue weighted by Crippen LogP contribution is 2.00. The van der Waals surface area contributed by atoms with Crippen LogP contribution in [0, 0.1) is 0 Å². The first kappa shape index (κ1) is 19.4. The second-order valence-electron chi connectivity index (χ2n) is 5.32. The fourth-order valence-corrected chi connectivity index (χ4v) is 2.06. The van der Waals surface area contributed by atoms with Gasteiger partial charge in [0.1, 0.15) is 6.04 Å². The van der Waals surface area contributed by atoms with Crippen molar-refractivity contribution in [1.29, 1.82) is 0 Å². The van der Waals surface area contributed by atoms with Crippen molar-refractivity contribution in [2.75, 3.05) is 13.1 Å². The van der Waals surface area contributed by atoms with E-state index in [4.69, 9.17) is 16.6 Å². The van der Waals surface area contributed by atoms with Crippen molar-refractivity contribution in [3.05, 3.63) is 35.9 Å². The van der Waals surface area contributed by atoms with Gasteiger partial charge in [-0.2, -0.15) is 0 Å². The van der Waals surface area contributed by atoms with Crippen molar-refractivity contribution in [2.45, 2.75) is 31.8 Å². The van der Waals surface area contributed by atoms with Crippen molar-refractivity contribution >= 4 is 17.8 Å². The second-order valence-corrected chi connectivity index (χ2v) is 5.32. The van der Waals surface area contributed by atoms with E-state index < -0.39 is 12.0 Å². The summed E-state index contributed by atoms with van der Waals surface area (Å²) in [5.74, 6) is -1.40. The number of amides is 1. The highest BCUT2D eigenvalue weighted by Gasteiger charge is 2.18. The molecule has 8 nitrogen and oxygen atoms in total. The number of nitrogens with one attached hydrogen (secondary N) is 2. The third-order valence-corrected chi connectivity index (χ3v) is 3.28. The van der Waals surface area contributed by atoms with Crippen LogP contribution in [0.4, 0.5) is 0 Å². The summed E-state index contributed by atoms with van der Waals surface area (Å²) in [6.45, 7) is 1.47. The number of carbonyl (C=O) groups is 2. The van der Waals surface area contributed by atoms with E-state index in [-0.39, 0.29) is 24.7 Å². The molecular formula is C16H25N5O3. The van der Waals surface area contributed by atoms with Crippen LogP contribution in [0.25, 0.3) is 0 Å². The average molecular weight is 335 g/mol. The molecule has 1 atom stereocenters. The van der Waals surface area contributed by atoms with Gasteiger partial charge in [0.15, 0.2) is 5.96 Å². The number of nitrogens with zero attached hydrogens (tertiary/aromatic N) is 1. The fraction of sp³-hybridized carbons (Fsp3) is 0.438. The predicted molar refractivity (Wildman–Crippen MR) is 92.2 cm³/mol. The number of carboxylic acid groups (broad SMARTS) is 1. The minimum absolute atomic E-state index is 0.0320. The van der Waals surface area contributed by atoms with Gasteiger partial charge in [-0.1, -0.05) is 30.3 Å². The van der Waals surface area contributed by atoms with Gasteiger partial charge < -0.3 is 27.2 Å². The lowest BCUT2D eigenvalue weighted by Crippen LogP contribution is -2.41. The van der Waals surface area contributed by atoms with Crippen LogP contribution in [-0.4, -0.2) is 42.1 Å². The molecule has 1 aromatic rings. The molecule has 0 aliphatic rings. The molecule has 1 rings (SSSR count). The topological polar surface area (TPSA) is 143 Å². The monoisotopic (exact) mass is 335 g/mol. The number of carbonyl (C=O) groups excluding carboxylic acids is 1. The molecular weight excluding hydrogens is 310 g/mol. The first-order valence-corrected chi connectivity index (χ1v) is 7.81. The predicted octanol–water partition coefficient (Wildman–Crippen LogP) is -0.211. The van der Waals surface area contributed by atoms with Crippen LogP contribution in [0.1, 0.15) is 24.8 Å². The molecule has 0 radical (unpaired) electrons. The first-order valence-electron chi connectivity index (χ1n) is 7.81. The minimum atomic E-state index is -1.06. The van der Waals surface area contributed by atoms with Crippen molar-refractivity contribution in [3.63, 3.8) is 0 Å². The molecule has 0 saturated carbocycles. The molecule has 0 unspecified atom stereocenters. The Morgan fingerprint density at radius 2 is 1.92 bits per heavy atom. The smallest absolute Gasteiger partial charge is 0.326 e. The van der Waals surface area contributed by atoms with E-state index in [1.807, 2.05) is 30.3 Å². The van der Waals surface area contributed by atoms with E-state index in [1.54, 1.807) is 0 Å². The number of guanidine groups is 1. The van der Waals surface area contributed by atoms with E-state index in [1.165, 1.54) is 0 Å². The zero-order valence-electron chi connectivity index (χ0n) is 13.6. The molecule has 0 bridgehead atoms. The van der Waals surface area contributed by atoms with E-state index in [9.17, 15) is 9.59 Å². The summed E-state index contributed by atoms with van der Waals surface area (Å²) in [5, 5.41) is 14.8. The largest absolute Gasteiger partial charge is 0.480 e. The van der Waals surface area contributed by atoms with E-state index in [0.717, 1.165) is 5.56 Å². The highest BCUT2D eigenvalue weighted by atomic mass is 16.4. The number of aliphatic imine (C=N–C) groups is 1. The number of nitrogens with two attached hydrogens (primary N) is 2. The molecule has 8 heteroatoms. The van der Waals surface area contributed by atoms with Gasteiger partial charge in [-0.15, -0.1) is 0 Å². The average Bonchev–Trinajstić information content (AvgIpc) is 2.55. The van der Waals surface area contributed by atoms with Crippen LogP contribution in [0.2, 0.25) is 0 Å². The lowest BCUT2D eigenvalue weighted by Gasteiger charge is -2.14. The molecule has 7 N–H and O–H groups in total. The first-order chi connectivity index (χ1) is 11.5. The molecule has 0 fully saturated rings. The third-order valence-electron chi connectivity index (χ3n) is 3.28. The van der Waals surface area contributed by atoms with Gasteiger partial charge in [0.25, 0.3) is 0 Å². The number of hydrogen-bond donors (Lipinski definition) is 5. The number of hydrogen-bond acceptors (Lipinski definition) is 4. The lowest BCUT2D eigenvalue weighted by atomic mass is 10.1. The van der Waals surface area contributed by atoms with Crippen LogP contribution >= 0.6 is 0 Å². The molecule has 24 heavy (non-hydrogen) atoms. The molecule has 1 aromatic carbocycles. The Balaban J connectivity index is 2.24. The molecule has 0 aliphatic heterocycles. The summed E-state index contributed by atoms with van der Waals surface area (Å²) < 4.78 is 0.